The van der Waals surface area contributed by atoms with Gasteiger partial charge in [0.25, 0.3) is 0 Å². The third-order valence-corrected chi connectivity index (χ3v) is 5.19. The van der Waals surface area contributed by atoms with E-state index in [9.17, 15) is 4.79 Å². The molecule has 8 nitrogen and oxygen atoms in total. The second-order valence-corrected chi connectivity index (χ2v) is 7.34. The SMILES string of the molecule is COc1ccc(C2CC(=O)NC(Nc3nc(C)c4cc(C)ccc4n3)N2)cc1OC. The molecule has 0 spiro atoms. The number of aryl methyl sites for hydroxylation is 2. The minimum atomic E-state index is -0.508. The van der Waals surface area contributed by atoms with E-state index in [4.69, 9.17) is 9.47 Å². The molecular formula is C22H25N5O3. The van der Waals surface area contributed by atoms with Gasteiger partial charge >= 0.3 is 0 Å². The zero-order chi connectivity index (χ0) is 21.3. The molecule has 3 N–H and O–H groups in total. The Kier molecular flexibility index (Phi) is 5.41. The molecule has 4 rings (SSSR count). The molecule has 2 atom stereocenters. The topological polar surface area (TPSA) is 97.4 Å². The van der Waals surface area contributed by atoms with Crippen LogP contribution in [0.2, 0.25) is 0 Å². The summed E-state index contributed by atoms with van der Waals surface area (Å²) in [6.07, 6.45) is -0.198. The molecule has 2 unspecified atom stereocenters. The fourth-order valence-electron chi connectivity index (χ4n) is 3.66. The first-order chi connectivity index (χ1) is 14.5. The van der Waals surface area contributed by atoms with E-state index < -0.39 is 6.29 Å². The summed E-state index contributed by atoms with van der Waals surface area (Å²) in [5.41, 5.74) is 3.83. The Morgan fingerprint density at radius 1 is 1.03 bits per heavy atom. The third kappa shape index (κ3) is 3.99. The average Bonchev–Trinajstić information content (AvgIpc) is 2.73. The van der Waals surface area contributed by atoms with Gasteiger partial charge in [-0.15, -0.1) is 0 Å². The van der Waals surface area contributed by atoms with Gasteiger partial charge in [-0.05, 0) is 43.7 Å². The van der Waals surface area contributed by atoms with Crippen molar-refractivity contribution >= 4 is 22.8 Å². The summed E-state index contributed by atoms with van der Waals surface area (Å²) < 4.78 is 10.7. The van der Waals surface area contributed by atoms with Gasteiger partial charge in [-0.25, -0.2) is 9.97 Å². The molecule has 1 aromatic heterocycles. The number of fused-ring (bicyclic) bond motifs is 1. The van der Waals surface area contributed by atoms with Crippen LogP contribution >= 0.6 is 0 Å². The first kappa shape index (κ1) is 19.9. The van der Waals surface area contributed by atoms with E-state index >= 15 is 0 Å². The van der Waals surface area contributed by atoms with Crippen molar-refractivity contribution in [3.05, 3.63) is 53.2 Å². The Morgan fingerprint density at radius 2 is 1.83 bits per heavy atom. The second kappa shape index (κ2) is 8.16. The summed E-state index contributed by atoms with van der Waals surface area (Å²) in [7, 11) is 3.19. The zero-order valence-corrected chi connectivity index (χ0v) is 17.4. The van der Waals surface area contributed by atoms with Crippen LogP contribution in [-0.2, 0) is 4.79 Å². The average molecular weight is 407 g/mol. The maximum Gasteiger partial charge on any atom is 0.226 e. The van der Waals surface area contributed by atoms with Gasteiger partial charge in [-0.3, -0.25) is 10.1 Å². The molecule has 8 heteroatoms. The van der Waals surface area contributed by atoms with Gasteiger partial charge in [0, 0.05) is 17.8 Å². The number of ether oxygens (including phenoxy) is 2. The number of carbonyl (C=O) groups excluding carboxylic acids is 1. The Labute approximate surface area is 175 Å². The summed E-state index contributed by atoms with van der Waals surface area (Å²) in [5.74, 6) is 1.65. The Balaban J connectivity index is 1.56. The van der Waals surface area contributed by atoms with E-state index in [1.54, 1.807) is 14.2 Å². The monoisotopic (exact) mass is 407 g/mol. The van der Waals surface area contributed by atoms with Gasteiger partial charge in [0.1, 0.15) is 0 Å². The highest BCUT2D eigenvalue weighted by Gasteiger charge is 2.28. The van der Waals surface area contributed by atoms with Crippen LogP contribution in [0.25, 0.3) is 10.9 Å². The predicted octanol–water partition coefficient (Wildman–Crippen LogP) is 2.81. The highest BCUT2D eigenvalue weighted by molar-refractivity contribution is 5.82. The van der Waals surface area contributed by atoms with Crippen molar-refractivity contribution < 1.29 is 14.3 Å². The standard InChI is InChI=1S/C22H25N5O3/c1-12-5-7-16-15(9-12)13(2)23-21(24-16)27-22-25-17(11-20(28)26-22)14-6-8-18(29-3)19(10-14)30-4/h5-10,17,22,25H,11H2,1-4H3,(H,26,28)(H,23,24,27). The molecule has 0 radical (unpaired) electrons. The minimum Gasteiger partial charge on any atom is -0.493 e. The van der Waals surface area contributed by atoms with Crippen molar-refractivity contribution in [2.45, 2.75) is 32.6 Å². The van der Waals surface area contributed by atoms with Gasteiger partial charge in [0.05, 0.1) is 25.4 Å². The van der Waals surface area contributed by atoms with E-state index in [1.807, 2.05) is 44.2 Å². The fourth-order valence-corrected chi connectivity index (χ4v) is 3.66. The first-order valence-corrected chi connectivity index (χ1v) is 9.75. The van der Waals surface area contributed by atoms with Crippen LogP contribution in [0.15, 0.2) is 36.4 Å². The van der Waals surface area contributed by atoms with Crippen molar-refractivity contribution in [1.82, 2.24) is 20.6 Å². The van der Waals surface area contributed by atoms with Crippen molar-refractivity contribution in [2.75, 3.05) is 19.5 Å². The quantitative estimate of drug-likeness (QED) is 0.598. The maximum atomic E-state index is 12.4. The number of nitrogens with zero attached hydrogens (tertiary/aromatic N) is 2. The number of benzene rings is 2. The molecule has 0 saturated carbocycles. The van der Waals surface area contributed by atoms with E-state index in [0.29, 0.717) is 23.9 Å². The molecule has 1 aliphatic rings. The lowest BCUT2D eigenvalue weighted by molar-refractivity contribution is -0.124. The smallest absolute Gasteiger partial charge is 0.226 e. The number of aromatic nitrogens is 2. The largest absolute Gasteiger partial charge is 0.493 e. The molecule has 1 fully saturated rings. The number of hydrogen-bond acceptors (Lipinski definition) is 7. The normalized spacial score (nSPS) is 18.7. The summed E-state index contributed by atoms with van der Waals surface area (Å²) >= 11 is 0. The van der Waals surface area contributed by atoms with Crippen molar-refractivity contribution in [3.63, 3.8) is 0 Å². The van der Waals surface area contributed by atoms with Crippen LogP contribution in [0.3, 0.4) is 0 Å². The Bertz CT molecular complexity index is 1100. The lowest BCUT2D eigenvalue weighted by Crippen LogP contribution is -2.56. The molecule has 2 heterocycles. The van der Waals surface area contributed by atoms with E-state index in [0.717, 1.165) is 27.7 Å². The molecular weight excluding hydrogens is 382 g/mol. The molecule has 2 aromatic carbocycles. The fraction of sp³-hybridized carbons (Fsp3) is 0.318. The van der Waals surface area contributed by atoms with Gasteiger partial charge in [0.15, 0.2) is 17.8 Å². The van der Waals surface area contributed by atoms with Gasteiger partial charge in [0.2, 0.25) is 11.9 Å². The summed E-state index contributed by atoms with van der Waals surface area (Å²) in [5, 5.41) is 10.5. The van der Waals surface area contributed by atoms with Crippen LogP contribution < -0.4 is 25.4 Å². The van der Waals surface area contributed by atoms with Crippen molar-refractivity contribution in [3.8, 4) is 11.5 Å². The van der Waals surface area contributed by atoms with Crippen LogP contribution in [0, 0.1) is 13.8 Å². The lowest BCUT2D eigenvalue weighted by atomic mass is 10.0. The van der Waals surface area contributed by atoms with E-state index in [-0.39, 0.29) is 11.9 Å². The number of carbonyl (C=O) groups is 1. The molecule has 156 valence electrons. The molecule has 1 aliphatic heterocycles. The number of hydrogen-bond donors (Lipinski definition) is 3. The highest BCUT2D eigenvalue weighted by atomic mass is 16.5. The molecule has 0 bridgehead atoms. The zero-order valence-electron chi connectivity index (χ0n) is 17.4. The molecule has 0 aliphatic carbocycles. The number of amides is 1. The summed E-state index contributed by atoms with van der Waals surface area (Å²) in [4.78, 5) is 21.5. The molecule has 1 saturated heterocycles. The van der Waals surface area contributed by atoms with Crippen LogP contribution in [0.4, 0.5) is 5.95 Å². The van der Waals surface area contributed by atoms with Crippen LogP contribution in [0.5, 0.6) is 11.5 Å². The Morgan fingerprint density at radius 3 is 2.60 bits per heavy atom. The summed E-state index contributed by atoms with van der Waals surface area (Å²) in [6.45, 7) is 3.99. The third-order valence-electron chi connectivity index (χ3n) is 5.19. The number of methoxy groups -OCH3 is 2. The predicted molar refractivity (Wildman–Crippen MR) is 115 cm³/mol. The van der Waals surface area contributed by atoms with Gasteiger partial charge < -0.3 is 20.1 Å². The van der Waals surface area contributed by atoms with Crippen LogP contribution in [0.1, 0.15) is 29.3 Å². The summed E-state index contributed by atoms with van der Waals surface area (Å²) in [6, 6.07) is 11.5. The second-order valence-electron chi connectivity index (χ2n) is 7.34. The maximum absolute atomic E-state index is 12.4. The van der Waals surface area contributed by atoms with E-state index in [2.05, 4.69) is 32.0 Å². The number of nitrogens with one attached hydrogen (secondary N) is 3. The molecule has 1 amide bonds. The Hall–Kier alpha value is -3.39. The van der Waals surface area contributed by atoms with Gasteiger partial charge in [-0.1, -0.05) is 17.7 Å². The van der Waals surface area contributed by atoms with Crippen molar-refractivity contribution in [2.24, 2.45) is 0 Å². The van der Waals surface area contributed by atoms with E-state index in [1.165, 1.54) is 0 Å². The van der Waals surface area contributed by atoms with Crippen molar-refractivity contribution in [1.29, 1.82) is 0 Å². The highest BCUT2D eigenvalue weighted by Crippen LogP contribution is 2.31. The lowest BCUT2D eigenvalue weighted by Gasteiger charge is -2.32. The van der Waals surface area contributed by atoms with Crippen LogP contribution in [-0.4, -0.2) is 36.4 Å². The molecule has 3 aromatic rings. The number of anilines is 1. The number of rotatable bonds is 5. The first-order valence-electron chi connectivity index (χ1n) is 9.75. The van der Waals surface area contributed by atoms with Gasteiger partial charge in [-0.2, -0.15) is 0 Å². The minimum absolute atomic E-state index is 0.0702. The molecule has 30 heavy (non-hydrogen) atoms.